The Morgan fingerprint density at radius 3 is 2.35 bits per heavy atom. The number of aromatic carboxylic acids is 1. The lowest BCUT2D eigenvalue weighted by Gasteiger charge is -2.10. The summed E-state index contributed by atoms with van der Waals surface area (Å²) < 4.78 is 20.6. The van der Waals surface area contributed by atoms with Crippen LogP contribution in [-0.2, 0) is 13.0 Å². The molecule has 0 bridgehead atoms. The number of hydrogen-bond donors (Lipinski definition) is 2. The average Bonchev–Trinajstić information content (AvgIpc) is 3.38. The Hall–Kier alpha value is -5.30. The van der Waals surface area contributed by atoms with Crippen LogP contribution >= 0.6 is 0 Å². The van der Waals surface area contributed by atoms with E-state index in [1.165, 1.54) is 18.2 Å². The number of carbonyl (C=O) groups is 2. The summed E-state index contributed by atoms with van der Waals surface area (Å²) in [5, 5.41) is 18.2. The van der Waals surface area contributed by atoms with Crippen molar-refractivity contribution < 1.29 is 23.6 Å². The van der Waals surface area contributed by atoms with E-state index in [2.05, 4.69) is 10.5 Å². The van der Waals surface area contributed by atoms with Gasteiger partial charge in [0, 0.05) is 18.4 Å². The van der Waals surface area contributed by atoms with Gasteiger partial charge in [-0.25, -0.2) is 9.18 Å². The molecular formula is C33H23FN2O4. The molecule has 0 aliphatic heterocycles. The summed E-state index contributed by atoms with van der Waals surface area (Å²) in [5.41, 5.74) is 4.26. The van der Waals surface area contributed by atoms with Gasteiger partial charge in [0.2, 0.25) is 0 Å². The molecule has 0 atom stereocenters. The van der Waals surface area contributed by atoms with E-state index in [1.807, 2.05) is 60.7 Å². The highest BCUT2D eigenvalue weighted by molar-refractivity contribution is 6.08. The lowest BCUT2D eigenvalue weighted by Crippen LogP contribution is -2.23. The Morgan fingerprint density at radius 2 is 1.57 bits per heavy atom. The van der Waals surface area contributed by atoms with Crippen LogP contribution in [0.5, 0.6) is 0 Å². The van der Waals surface area contributed by atoms with Gasteiger partial charge < -0.3 is 14.9 Å². The fourth-order valence-corrected chi connectivity index (χ4v) is 4.89. The van der Waals surface area contributed by atoms with E-state index in [1.54, 1.807) is 24.3 Å². The van der Waals surface area contributed by atoms with Crippen LogP contribution in [0.25, 0.3) is 32.8 Å². The van der Waals surface area contributed by atoms with Gasteiger partial charge in [-0.1, -0.05) is 78.0 Å². The molecule has 6 aromatic rings. The summed E-state index contributed by atoms with van der Waals surface area (Å²) in [6.45, 7) is 0.201. The number of benzene rings is 5. The van der Waals surface area contributed by atoms with Gasteiger partial charge in [-0.2, -0.15) is 0 Å². The molecule has 6 nitrogen and oxygen atoms in total. The SMILES string of the molecule is O=C(O)c1ccc(CNC(=O)c2cc(-c3ccccc3)cc3noc(Cc4cc(F)c5ccccc5c4)c23)cc1. The predicted molar refractivity (Wildman–Crippen MR) is 151 cm³/mol. The Kier molecular flexibility index (Phi) is 6.54. The molecule has 0 aliphatic rings. The minimum atomic E-state index is -1.01. The van der Waals surface area contributed by atoms with Crippen molar-refractivity contribution in [3.8, 4) is 11.1 Å². The molecule has 1 heterocycles. The number of nitrogens with zero attached hydrogens (tertiary/aromatic N) is 1. The second kappa shape index (κ2) is 10.5. The molecular weight excluding hydrogens is 507 g/mol. The molecule has 40 heavy (non-hydrogen) atoms. The van der Waals surface area contributed by atoms with Gasteiger partial charge in [-0.05, 0) is 58.0 Å². The molecule has 2 N–H and O–H groups in total. The fourth-order valence-electron chi connectivity index (χ4n) is 4.89. The first kappa shape index (κ1) is 25.0. The molecule has 0 radical (unpaired) electrons. The van der Waals surface area contributed by atoms with E-state index < -0.39 is 5.97 Å². The first-order valence-electron chi connectivity index (χ1n) is 12.7. The van der Waals surface area contributed by atoms with Gasteiger partial charge in [-0.15, -0.1) is 0 Å². The Morgan fingerprint density at radius 1 is 0.825 bits per heavy atom. The molecule has 0 saturated carbocycles. The zero-order chi connectivity index (χ0) is 27.6. The van der Waals surface area contributed by atoms with Gasteiger partial charge in [0.25, 0.3) is 5.91 Å². The summed E-state index contributed by atoms with van der Waals surface area (Å²) in [6, 6.07) is 30.3. The molecule has 1 amide bonds. The maximum atomic E-state index is 14.8. The average molecular weight is 531 g/mol. The molecule has 5 aromatic carbocycles. The second-order valence-corrected chi connectivity index (χ2v) is 9.55. The Bertz CT molecular complexity index is 1880. The number of aromatic nitrogens is 1. The van der Waals surface area contributed by atoms with Gasteiger partial charge in [0.15, 0.2) is 0 Å². The van der Waals surface area contributed by atoms with Crippen LogP contribution in [0.4, 0.5) is 4.39 Å². The van der Waals surface area contributed by atoms with Gasteiger partial charge in [0.05, 0.1) is 16.5 Å². The molecule has 0 saturated heterocycles. The Balaban J connectivity index is 1.38. The first-order valence-corrected chi connectivity index (χ1v) is 12.7. The zero-order valence-corrected chi connectivity index (χ0v) is 21.2. The topological polar surface area (TPSA) is 92.4 Å². The number of rotatable bonds is 7. The molecule has 196 valence electrons. The largest absolute Gasteiger partial charge is 0.478 e. The smallest absolute Gasteiger partial charge is 0.335 e. The van der Waals surface area contributed by atoms with Crippen LogP contribution in [0.2, 0.25) is 0 Å². The molecule has 0 unspecified atom stereocenters. The van der Waals surface area contributed by atoms with Gasteiger partial charge in [0.1, 0.15) is 17.1 Å². The Labute approximate surface area is 228 Å². The number of hydrogen-bond acceptors (Lipinski definition) is 4. The number of carboxylic acids is 1. The van der Waals surface area contributed by atoms with Crippen LogP contribution in [0.15, 0.2) is 108 Å². The number of carbonyl (C=O) groups excluding carboxylic acids is 1. The number of halogens is 1. The third kappa shape index (κ3) is 4.92. The van der Waals surface area contributed by atoms with Crippen LogP contribution in [0.1, 0.15) is 37.6 Å². The standard InChI is InChI=1S/C33H23FN2O4/c34-28-15-21(14-24-8-4-5-9-26(24)28)16-30-31-27(32(37)35-19-20-10-12-23(13-11-20)33(38)39)17-25(18-29(31)36-40-30)22-6-2-1-3-7-22/h1-15,17-18H,16,19H2,(H,35,37)(H,38,39). The number of nitrogens with one attached hydrogen (secondary N) is 1. The monoisotopic (exact) mass is 530 g/mol. The quantitative estimate of drug-likeness (QED) is 0.232. The number of fused-ring (bicyclic) bond motifs is 2. The van der Waals surface area contributed by atoms with Crippen molar-refractivity contribution in [1.29, 1.82) is 0 Å². The molecule has 0 spiro atoms. The maximum absolute atomic E-state index is 14.8. The van der Waals surface area contributed by atoms with E-state index in [0.717, 1.165) is 22.1 Å². The second-order valence-electron chi connectivity index (χ2n) is 9.55. The lowest BCUT2D eigenvalue weighted by molar-refractivity contribution is 0.0696. The molecule has 7 heteroatoms. The number of carboxylic acid groups (broad SMARTS) is 1. The summed E-state index contributed by atoms with van der Waals surface area (Å²) in [5.74, 6) is -1.21. The third-order valence-electron chi connectivity index (χ3n) is 6.89. The summed E-state index contributed by atoms with van der Waals surface area (Å²) in [4.78, 5) is 24.7. The van der Waals surface area contributed by atoms with Crippen LogP contribution in [0, 0.1) is 5.82 Å². The van der Waals surface area contributed by atoms with Crippen LogP contribution in [-0.4, -0.2) is 22.1 Å². The highest BCUT2D eigenvalue weighted by Gasteiger charge is 2.21. The van der Waals surface area contributed by atoms with E-state index in [0.29, 0.717) is 33.2 Å². The highest BCUT2D eigenvalue weighted by atomic mass is 19.1. The van der Waals surface area contributed by atoms with E-state index in [9.17, 15) is 14.0 Å². The van der Waals surface area contributed by atoms with Gasteiger partial charge in [-0.3, -0.25) is 4.79 Å². The van der Waals surface area contributed by atoms with Gasteiger partial charge >= 0.3 is 5.97 Å². The summed E-state index contributed by atoms with van der Waals surface area (Å²) in [6.07, 6.45) is 0.250. The van der Waals surface area contributed by atoms with Crippen molar-refractivity contribution in [1.82, 2.24) is 10.5 Å². The maximum Gasteiger partial charge on any atom is 0.335 e. The van der Waals surface area contributed by atoms with Crippen molar-refractivity contribution in [3.05, 3.63) is 137 Å². The molecule has 0 aliphatic carbocycles. The highest BCUT2D eigenvalue weighted by Crippen LogP contribution is 2.32. The minimum Gasteiger partial charge on any atom is -0.478 e. The minimum absolute atomic E-state index is 0.173. The van der Waals surface area contributed by atoms with Crippen LogP contribution < -0.4 is 5.32 Å². The zero-order valence-electron chi connectivity index (χ0n) is 21.2. The predicted octanol–water partition coefficient (Wildman–Crippen LogP) is 7.01. The lowest BCUT2D eigenvalue weighted by atomic mass is 9.96. The van der Waals surface area contributed by atoms with Crippen molar-refractivity contribution in [2.45, 2.75) is 13.0 Å². The van der Waals surface area contributed by atoms with Crippen molar-refractivity contribution in [2.24, 2.45) is 0 Å². The molecule has 0 fully saturated rings. The van der Waals surface area contributed by atoms with E-state index >= 15 is 0 Å². The third-order valence-corrected chi connectivity index (χ3v) is 6.89. The molecule has 6 rings (SSSR count). The van der Waals surface area contributed by atoms with E-state index in [4.69, 9.17) is 9.63 Å². The fraction of sp³-hybridized carbons (Fsp3) is 0.0606. The first-order chi connectivity index (χ1) is 19.5. The van der Waals surface area contributed by atoms with Crippen LogP contribution in [0.3, 0.4) is 0 Å². The van der Waals surface area contributed by atoms with Crippen molar-refractivity contribution in [2.75, 3.05) is 0 Å². The van der Waals surface area contributed by atoms with Crippen molar-refractivity contribution in [3.63, 3.8) is 0 Å². The number of amides is 1. The summed E-state index contributed by atoms with van der Waals surface area (Å²) >= 11 is 0. The summed E-state index contributed by atoms with van der Waals surface area (Å²) in [7, 11) is 0. The molecule has 1 aromatic heterocycles. The van der Waals surface area contributed by atoms with E-state index in [-0.39, 0.29) is 30.3 Å². The normalized spacial score (nSPS) is 11.1. The van der Waals surface area contributed by atoms with Crippen molar-refractivity contribution >= 4 is 33.6 Å².